The monoisotopic (exact) mass is 287 g/mol. The van der Waals surface area contributed by atoms with Gasteiger partial charge in [0.15, 0.2) is 0 Å². The summed E-state index contributed by atoms with van der Waals surface area (Å²) in [5.74, 6) is -0.866. The number of carbonyl (C=O) groups is 1. The molecule has 0 aliphatic rings. The summed E-state index contributed by atoms with van der Waals surface area (Å²) in [4.78, 5) is 21.3. The summed E-state index contributed by atoms with van der Waals surface area (Å²) in [5, 5.41) is 8.92. The first-order chi connectivity index (χ1) is 5.93. The summed E-state index contributed by atoms with van der Waals surface area (Å²) < 4.78 is 1.02. The van der Waals surface area contributed by atoms with Crippen LogP contribution < -0.4 is 3.58 Å². The predicted octanol–water partition coefficient (Wildman–Crippen LogP) is 1.32. The number of aromatic nitrogens is 1. The third kappa shape index (κ3) is 2.43. The number of hydrogen-bond acceptors (Lipinski definition) is 2. The van der Waals surface area contributed by atoms with Crippen LogP contribution in [0.4, 0.5) is 0 Å². The van der Waals surface area contributed by atoms with E-state index >= 15 is 0 Å². The Balaban J connectivity index is 3.28. The Morgan fingerprint density at radius 3 is 2.46 bits per heavy atom. The number of nitrogens with zero attached hydrogens (tertiary/aromatic N) is 1. The molecular weight excluding hydrogens is 273 g/mol. The van der Waals surface area contributed by atoms with Crippen molar-refractivity contribution in [3.05, 3.63) is 24.0 Å². The molecule has 1 rings (SSSR count). The average molecular weight is 286 g/mol. The standard InChI is InChI=1S/C6H4NO2.3CH3.Sn/c8-6(9)5-2-1-3-7-4-5;;;;/h1,3-4H,(H,8,9);3*1H3;. The van der Waals surface area contributed by atoms with Crippen molar-refractivity contribution >= 4 is 27.9 Å². The molecule has 70 valence electrons. The maximum absolute atomic E-state index is 10.9. The summed E-state index contributed by atoms with van der Waals surface area (Å²) in [6, 6.07) is 1.85. The van der Waals surface area contributed by atoms with E-state index in [1.54, 1.807) is 6.20 Å². The third-order valence-electron chi connectivity index (χ3n) is 1.86. The van der Waals surface area contributed by atoms with Crippen LogP contribution in [-0.4, -0.2) is 34.4 Å². The van der Waals surface area contributed by atoms with Crippen LogP contribution in [0.3, 0.4) is 0 Å². The van der Waals surface area contributed by atoms with Crippen LogP contribution in [0, 0.1) is 0 Å². The molecule has 0 amide bonds. The molecule has 4 heteroatoms. The fraction of sp³-hybridized carbons (Fsp3) is 0.333. The molecule has 0 saturated carbocycles. The van der Waals surface area contributed by atoms with Gasteiger partial charge in [-0.2, -0.15) is 0 Å². The number of aromatic carboxylic acids is 1. The van der Waals surface area contributed by atoms with E-state index in [-0.39, 0.29) is 0 Å². The summed E-state index contributed by atoms with van der Waals surface area (Å²) in [5.41, 5.74) is 0.380. The van der Waals surface area contributed by atoms with Gasteiger partial charge in [-0.1, -0.05) is 0 Å². The minimum atomic E-state index is -2.28. The molecule has 0 spiro atoms. The van der Waals surface area contributed by atoms with Gasteiger partial charge in [-0.15, -0.1) is 0 Å². The van der Waals surface area contributed by atoms with Gasteiger partial charge in [0, 0.05) is 0 Å². The molecule has 1 N–H and O–H groups in total. The topological polar surface area (TPSA) is 50.2 Å². The number of carboxylic acids is 1. The van der Waals surface area contributed by atoms with Gasteiger partial charge < -0.3 is 0 Å². The van der Waals surface area contributed by atoms with Gasteiger partial charge in [0.1, 0.15) is 0 Å². The second kappa shape index (κ2) is 3.65. The summed E-state index contributed by atoms with van der Waals surface area (Å²) in [6.07, 6.45) is 3.11. The Morgan fingerprint density at radius 1 is 1.46 bits per heavy atom. The van der Waals surface area contributed by atoms with E-state index in [9.17, 15) is 4.79 Å². The molecule has 13 heavy (non-hydrogen) atoms. The van der Waals surface area contributed by atoms with E-state index in [1.165, 1.54) is 6.20 Å². The van der Waals surface area contributed by atoms with E-state index < -0.39 is 24.3 Å². The van der Waals surface area contributed by atoms with Crippen molar-refractivity contribution in [1.29, 1.82) is 0 Å². The Morgan fingerprint density at radius 2 is 2.08 bits per heavy atom. The normalized spacial score (nSPS) is 11.3. The number of carboxylic acid groups (broad SMARTS) is 1. The van der Waals surface area contributed by atoms with Crippen LogP contribution in [0.1, 0.15) is 10.4 Å². The molecule has 1 aromatic heterocycles. The van der Waals surface area contributed by atoms with Gasteiger partial charge in [0.2, 0.25) is 0 Å². The molecule has 0 aliphatic heterocycles. The Hall–Kier alpha value is -0.581. The van der Waals surface area contributed by atoms with Gasteiger partial charge >= 0.3 is 81.7 Å². The SMILES string of the molecule is [CH3][Sn]([CH3])([CH3])[c]1ccncc1C(=O)O. The molecule has 0 saturated heterocycles. The van der Waals surface area contributed by atoms with Gasteiger partial charge in [-0.25, -0.2) is 0 Å². The summed E-state index contributed by atoms with van der Waals surface area (Å²) >= 11 is -2.28. The van der Waals surface area contributed by atoms with E-state index in [4.69, 9.17) is 5.11 Å². The minimum absolute atomic E-state index is 0.380. The summed E-state index contributed by atoms with van der Waals surface area (Å²) in [7, 11) is 0. The van der Waals surface area contributed by atoms with Crippen molar-refractivity contribution in [1.82, 2.24) is 4.98 Å². The molecule has 3 nitrogen and oxygen atoms in total. The molecule has 0 fully saturated rings. The van der Waals surface area contributed by atoms with Crippen LogP contribution >= 0.6 is 0 Å². The maximum atomic E-state index is 10.9. The Kier molecular flexibility index (Phi) is 2.95. The molecule has 1 heterocycles. The van der Waals surface area contributed by atoms with Crippen molar-refractivity contribution in [2.75, 3.05) is 0 Å². The molecule has 0 aromatic carbocycles. The molecule has 1 aromatic rings. The van der Waals surface area contributed by atoms with E-state index in [0.29, 0.717) is 5.56 Å². The van der Waals surface area contributed by atoms with Gasteiger partial charge in [0.05, 0.1) is 0 Å². The predicted molar refractivity (Wildman–Crippen MR) is 54.2 cm³/mol. The molecule has 0 unspecified atom stereocenters. The molecular formula is C9H13NO2Sn. The first-order valence-electron chi connectivity index (χ1n) is 4.10. The second-order valence-corrected chi connectivity index (χ2v) is 18.4. The third-order valence-corrected chi connectivity index (χ3v) is 7.72. The Labute approximate surface area is 81.7 Å². The van der Waals surface area contributed by atoms with E-state index in [0.717, 1.165) is 3.58 Å². The van der Waals surface area contributed by atoms with E-state index in [1.807, 2.05) is 6.07 Å². The zero-order valence-corrected chi connectivity index (χ0v) is 10.9. The first-order valence-corrected chi connectivity index (χ1v) is 14.1. The average Bonchev–Trinajstić information content (AvgIpc) is 2.03. The van der Waals surface area contributed by atoms with Gasteiger partial charge in [-0.3, -0.25) is 0 Å². The van der Waals surface area contributed by atoms with Crippen LogP contribution in [-0.2, 0) is 0 Å². The number of rotatable bonds is 2. The first kappa shape index (κ1) is 10.5. The van der Waals surface area contributed by atoms with Crippen molar-refractivity contribution in [3.63, 3.8) is 0 Å². The molecule has 0 atom stereocenters. The summed E-state index contributed by atoms with van der Waals surface area (Å²) in [6.45, 7) is 0. The van der Waals surface area contributed by atoms with Gasteiger partial charge in [0.25, 0.3) is 0 Å². The number of pyridine rings is 1. The van der Waals surface area contributed by atoms with Crippen molar-refractivity contribution < 1.29 is 9.90 Å². The van der Waals surface area contributed by atoms with E-state index in [2.05, 4.69) is 19.8 Å². The van der Waals surface area contributed by atoms with Gasteiger partial charge in [-0.05, 0) is 0 Å². The van der Waals surface area contributed by atoms with Crippen LogP contribution in [0.5, 0.6) is 0 Å². The zero-order valence-electron chi connectivity index (χ0n) is 8.03. The van der Waals surface area contributed by atoms with Crippen molar-refractivity contribution in [3.8, 4) is 0 Å². The van der Waals surface area contributed by atoms with Crippen LogP contribution in [0.2, 0.25) is 14.8 Å². The van der Waals surface area contributed by atoms with Crippen LogP contribution in [0.25, 0.3) is 0 Å². The zero-order chi connectivity index (χ0) is 10.1. The van der Waals surface area contributed by atoms with Crippen molar-refractivity contribution in [2.45, 2.75) is 14.8 Å². The molecule has 0 radical (unpaired) electrons. The quantitative estimate of drug-likeness (QED) is 0.834. The fourth-order valence-corrected chi connectivity index (χ4v) is 5.65. The fourth-order valence-electron chi connectivity index (χ4n) is 1.22. The molecule has 0 aliphatic carbocycles. The Bertz CT molecular complexity index is 331. The molecule has 0 bridgehead atoms. The van der Waals surface area contributed by atoms with Crippen LogP contribution in [0.15, 0.2) is 18.5 Å². The second-order valence-electron chi connectivity index (χ2n) is 3.98. The van der Waals surface area contributed by atoms with Crippen molar-refractivity contribution in [2.24, 2.45) is 0 Å². The number of hydrogen-bond donors (Lipinski definition) is 1.